The molecular formula is C15H22BrNO2. The molecule has 1 N–H and O–H groups in total. The molecule has 1 atom stereocenters. The van der Waals surface area contributed by atoms with Gasteiger partial charge in [-0.3, -0.25) is 0 Å². The van der Waals surface area contributed by atoms with Gasteiger partial charge in [-0.15, -0.1) is 0 Å². The molecule has 2 rings (SSSR count). The molecule has 1 aliphatic heterocycles. The second-order valence-corrected chi connectivity index (χ2v) is 5.71. The fraction of sp³-hybridized carbons (Fsp3) is 0.600. The SMILES string of the molecule is CCCNC(Cc1ccccc1Br)CC1OCCO1. The lowest BCUT2D eigenvalue weighted by Gasteiger charge is -2.21. The summed E-state index contributed by atoms with van der Waals surface area (Å²) in [7, 11) is 0. The molecule has 106 valence electrons. The summed E-state index contributed by atoms with van der Waals surface area (Å²) < 4.78 is 12.3. The average Bonchev–Trinajstić information content (AvgIpc) is 2.91. The van der Waals surface area contributed by atoms with Gasteiger partial charge < -0.3 is 14.8 Å². The zero-order chi connectivity index (χ0) is 13.5. The maximum atomic E-state index is 5.56. The number of benzene rings is 1. The molecule has 1 aromatic carbocycles. The van der Waals surface area contributed by atoms with Crippen molar-refractivity contribution >= 4 is 15.9 Å². The van der Waals surface area contributed by atoms with E-state index in [1.807, 2.05) is 6.07 Å². The fourth-order valence-corrected chi connectivity index (χ4v) is 2.74. The highest BCUT2D eigenvalue weighted by Gasteiger charge is 2.21. The Hall–Kier alpha value is -0.420. The zero-order valence-electron chi connectivity index (χ0n) is 11.4. The van der Waals surface area contributed by atoms with Gasteiger partial charge in [-0.2, -0.15) is 0 Å². The third-order valence-corrected chi connectivity index (χ3v) is 4.05. The summed E-state index contributed by atoms with van der Waals surface area (Å²) in [6.45, 7) is 4.66. The number of ether oxygens (including phenoxy) is 2. The van der Waals surface area contributed by atoms with Crippen molar-refractivity contribution < 1.29 is 9.47 Å². The van der Waals surface area contributed by atoms with Crippen LogP contribution in [0.1, 0.15) is 25.3 Å². The number of rotatable bonds is 7. The molecule has 0 bridgehead atoms. The molecule has 0 spiro atoms. The normalized spacial score (nSPS) is 17.8. The van der Waals surface area contributed by atoms with Crippen LogP contribution in [0.25, 0.3) is 0 Å². The van der Waals surface area contributed by atoms with E-state index in [4.69, 9.17) is 9.47 Å². The number of nitrogens with one attached hydrogen (secondary N) is 1. The molecule has 1 aromatic rings. The molecule has 19 heavy (non-hydrogen) atoms. The third kappa shape index (κ3) is 4.88. The predicted molar refractivity (Wildman–Crippen MR) is 80.2 cm³/mol. The molecule has 0 radical (unpaired) electrons. The van der Waals surface area contributed by atoms with Crippen LogP contribution in [0.15, 0.2) is 28.7 Å². The van der Waals surface area contributed by atoms with Crippen LogP contribution < -0.4 is 5.32 Å². The van der Waals surface area contributed by atoms with Gasteiger partial charge in [0.2, 0.25) is 0 Å². The van der Waals surface area contributed by atoms with Gasteiger partial charge in [0.05, 0.1) is 13.2 Å². The Morgan fingerprint density at radius 2 is 2.05 bits per heavy atom. The Bertz CT molecular complexity index is 380. The minimum atomic E-state index is -0.0446. The summed E-state index contributed by atoms with van der Waals surface area (Å²) in [5.41, 5.74) is 1.33. The molecule has 1 unspecified atom stereocenters. The van der Waals surface area contributed by atoms with Crippen molar-refractivity contribution in [3.8, 4) is 0 Å². The first-order chi connectivity index (χ1) is 9.29. The largest absolute Gasteiger partial charge is 0.350 e. The van der Waals surface area contributed by atoms with Crippen molar-refractivity contribution in [1.29, 1.82) is 0 Å². The van der Waals surface area contributed by atoms with E-state index < -0.39 is 0 Å². The van der Waals surface area contributed by atoms with Crippen molar-refractivity contribution in [3.63, 3.8) is 0 Å². The number of halogens is 1. The van der Waals surface area contributed by atoms with Crippen molar-refractivity contribution in [2.75, 3.05) is 19.8 Å². The van der Waals surface area contributed by atoms with Gasteiger partial charge in [-0.1, -0.05) is 41.1 Å². The summed E-state index contributed by atoms with van der Waals surface area (Å²) in [5.74, 6) is 0. The highest BCUT2D eigenvalue weighted by atomic mass is 79.9. The summed E-state index contributed by atoms with van der Waals surface area (Å²) in [6.07, 6.45) is 2.99. The highest BCUT2D eigenvalue weighted by Crippen LogP contribution is 2.20. The van der Waals surface area contributed by atoms with Crippen LogP contribution in [0.2, 0.25) is 0 Å². The minimum absolute atomic E-state index is 0.0446. The number of hydrogen-bond donors (Lipinski definition) is 1. The Morgan fingerprint density at radius 1 is 1.32 bits per heavy atom. The summed E-state index contributed by atoms with van der Waals surface area (Å²) >= 11 is 3.62. The van der Waals surface area contributed by atoms with E-state index in [1.165, 1.54) is 10.0 Å². The molecule has 1 aliphatic rings. The standard InChI is InChI=1S/C15H22BrNO2/c1-2-7-17-13(11-15-18-8-9-19-15)10-12-5-3-4-6-14(12)16/h3-6,13,15,17H,2,7-11H2,1H3. The molecule has 0 aliphatic carbocycles. The fourth-order valence-electron chi connectivity index (χ4n) is 2.29. The lowest BCUT2D eigenvalue weighted by atomic mass is 10.0. The van der Waals surface area contributed by atoms with Crippen LogP contribution in [-0.2, 0) is 15.9 Å². The van der Waals surface area contributed by atoms with Crippen LogP contribution in [-0.4, -0.2) is 32.1 Å². The van der Waals surface area contributed by atoms with Crippen LogP contribution in [0.4, 0.5) is 0 Å². The van der Waals surface area contributed by atoms with E-state index in [0.717, 1.165) is 39.0 Å². The van der Waals surface area contributed by atoms with E-state index in [1.54, 1.807) is 0 Å². The quantitative estimate of drug-likeness (QED) is 0.834. The highest BCUT2D eigenvalue weighted by molar-refractivity contribution is 9.10. The van der Waals surface area contributed by atoms with Crippen LogP contribution in [0.5, 0.6) is 0 Å². The molecule has 0 saturated carbocycles. The predicted octanol–water partition coefficient (Wildman–Crippen LogP) is 3.12. The first kappa shape index (κ1) is 15.0. The first-order valence-electron chi connectivity index (χ1n) is 6.99. The lowest BCUT2D eigenvalue weighted by Crippen LogP contribution is -2.35. The van der Waals surface area contributed by atoms with Gasteiger partial charge >= 0.3 is 0 Å². The van der Waals surface area contributed by atoms with Crippen molar-refractivity contribution in [1.82, 2.24) is 5.32 Å². The summed E-state index contributed by atoms with van der Waals surface area (Å²) in [5, 5.41) is 3.59. The maximum absolute atomic E-state index is 5.56. The number of hydrogen-bond acceptors (Lipinski definition) is 3. The summed E-state index contributed by atoms with van der Waals surface area (Å²) in [6, 6.07) is 8.78. The van der Waals surface area contributed by atoms with E-state index in [-0.39, 0.29) is 6.29 Å². The van der Waals surface area contributed by atoms with Crippen LogP contribution >= 0.6 is 15.9 Å². The van der Waals surface area contributed by atoms with Gasteiger partial charge in [0.25, 0.3) is 0 Å². The van der Waals surface area contributed by atoms with Crippen LogP contribution in [0.3, 0.4) is 0 Å². The Kier molecular flexibility index (Phi) is 6.31. The van der Waals surface area contributed by atoms with Crippen molar-refractivity contribution in [2.24, 2.45) is 0 Å². The topological polar surface area (TPSA) is 30.5 Å². The lowest BCUT2D eigenvalue weighted by molar-refractivity contribution is -0.0526. The van der Waals surface area contributed by atoms with Crippen molar-refractivity contribution in [3.05, 3.63) is 34.3 Å². The van der Waals surface area contributed by atoms with E-state index in [0.29, 0.717) is 6.04 Å². The molecule has 4 heteroatoms. The second kappa shape index (κ2) is 8.00. The minimum Gasteiger partial charge on any atom is -0.350 e. The van der Waals surface area contributed by atoms with Gasteiger partial charge in [-0.25, -0.2) is 0 Å². The zero-order valence-corrected chi connectivity index (χ0v) is 13.0. The summed E-state index contributed by atoms with van der Waals surface area (Å²) in [4.78, 5) is 0. The molecule has 0 amide bonds. The van der Waals surface area contributed by atoms with Crippen molar-refractivity contribution in [2.45, 2.75) is 38.5 Å². The van der Waals surface area contributed by atoms with E-state index in [9.17, 15) is 0 Å². The van der Waals surface area contributed by atoms with E-state index >= 15 is 0 Å². The average molecular weight is 328 g/mol. The molecule has 3 nitrogen and oxygen atoms in total. The molecule has 0 aromatic heterocycles. The Morgan fingerprint density at radius 3 is 2.74 bits per heavy atom. The smallest absolute Gasteiger partial charge is 0.159 e. The third-order valence-electron chi connectivity index (χ3n) is 3.27. The van der Waals surface area contributed by atoms with Gasteiger partial charge in [-0.05, 0) is 31.0 Å². The Labute approximate surface area is 123 Å². The Balaban J connectivity index is 1.94. The van der Waals surface area contributed by atoms with Gasteiger partial charge in [0, 0.05) is 16.9 Å². The van der Waals surface area contributed by atoms with E-state index in [2.05, 4.69) is 46.4 Å². The van der Waals surface area contributed by atoms with Gasteiger partial charge in [0.1, 0.15) is 0 Å². The van der Waals surface area contributed by atoms with Gasteiger partial charge in [0.15, 0.2) is 6.29 Å². The molecule has 1 fully saturated rings. The molecule has 1 heterocycles. The molecular weight excluding hydrogens is 306 g/mol. The molecule has 1 saturated heterocycles. The maximum Gasteiger partial charge on any atom is 0.159 e. The van der Waals surface area contributed by atoms with Crippen LogP contribution in [0, 0.1) is 0 Å². The first-order valence-corrected chi connectivity index (χ1v) is 7.79. The monoisotopic (exact) mass is 327 g/mol. The second-order valence-electron chi connectivity index (χ2n) is 4.85.